The van der Waals surface area contributed by atoms with Crippen molar-refractivity contribution >= 4 is 23.4 Å². The molecule has 0 aromatic heterocycles. The number of anilines is 1. The Kier molecular flexibility index (Phi) is 9.11. The summed E-state index contributed by atoms with van der Waals surface area (Å²) in [6, 6.07) is 17.3. The first-order valence-electron chi connectivity index (χ1n) is 16.1. The molecule has 0 saturated carbocycles. The summed E-state index contributed by atoms with van der Waals surface area (Å²) in [6.07, 6.45) is 5.27. The number of aliphatic hydroxyl groups excluding tert-OH is 1. The van der Waals surface area contributed by atoms with E-state index in [-0.39, 0.29) is 37.4 Å². The second-order valence-corrected chi connectivity index (χ2v) is 13.6. The first kappa shape index (κ1) is 32.6. The van der Waals surface area contributed by atoms with Crippen molar-refractivity contribution in [1.29, 1.82) is 0 Å². The van der Waals surface area contributed by atoms with Gasteiger partial charge in [-0.1, -0.05) is 67.6 Å². The molecule has 3 amide bonds. The van der Waals surface area contributed by atoms with E-state index in [1.807, 2.05) is 88.4 Å². The number of benzene rings is 2. The lowest BCUT2D eigenvalue weighted by atomic mass is 9.64. The zero-order chi connectivity index (χ0) is 32.6. The van der Waals surface area contributed by atoms with Gasteiger partial charge in [-0.25, -0.2) is 0 Å². The van der Waals surface area contributed by atoms with Gasteiger partial charge in [-0.05, 0) is 64.2 Å². The van der Waals surface area contributed by atoms with Gasteiger partial charge in [0.2, 0.25) is 17.7 Å². The predicted octanol–water partition coefficient (Wildman–Crippen LogP) is 4.78. The minimum atomic E-state index is -1.21. The fourth-order valence-electron chi connectivity index (χ4n) is 8.04. The van der Waals surface area contributed by atoms with E-state index in [0.29, 0.717) is 31.4 Å². The Morgan fingerprint density at radius 1 is 1.02 bits per heavy atom. The van der Waals surface area contributed by atoms with Crippen LogP contribution in [0.15, 0.2) is 86.0 Å². The summed E-state index contributed by atoms with van der Waals surface area (Å²) in [5, 5.41) is 10.8. The van der Waals surface area contributed by atoms with Gasteiger partial charge in [0.05, 0.1) is 30.1 Å². The molecule has 2 unspecified atom stereocenters. The number of likely N-dealkylation sites (tertiary alicyclic amines) is 1. The number of carbonyl (C=O) groups excluding carboxylic acids is 3. The summed E-state index contributed by atoms with van der Waals surface area (Å²) < 4.78 is 7.05. The summed E-state index contributed by atoms with van der Waals surface area (Å²) in [7, 11) is 0. The highest BCUT2D eigenvalue weighted by Gasteiger charge is 2.79. The molecule has 0 aliphatic carbocycles. The Hall–Kier alpha value is -3.75. The summed E-state index contributed by atoms with van der Waals surface area (Å²) in [5.41, 5.74) is -1.04. The Morgan fingerprint density at radius 3 is 2.20 bits per heavy atom. The van der Waals surface area contributed by atoms with Gasteiger partial charge in [0.1, 0.15) is 11.6 Å². The molecule has 8 nitrogen and oxygen atoms in total. The van der Waals surface area contributed by atoms with Crippen LogP contribution in [0.5, 0.6) is 0 Å². The first-order chi connectivity index (χ1) is 21.5. The standard InChI is InChI=1S/C37H47N3O5/c1-7-22-38(27-18-14-11-15-19-27)32(42)29-30-33(43)40(28(25-41)24-26-16-12-10-13-17-26)31(34(44)39(23-8-2)35(4,5)6)37(30)21-20-36(29,9-3)45-37/h7-8,10-19,28-31,41H,1-2,9,20-25H2,3-6H3/t28-,29-,30+,31?,36+,37?/m1/s1. The molecule has 1 N–H and O–H groups in total. The summed E-state index contributed by atoms with van der Waals surface area (Å²) in [5.74, 6) is -2.45. The molecule has 3 heterocycles. The van der Waals surface area contributed by atoms with Gasteiger partial charge in [-0.2, -0.15) is 0 Å². The van der Waals surface area contributed by atoms with Gasteiger partial charge in [-0.15, -0.1) is 13.2 Å². The predicted molar refractivity (Wildman–Crippen MR) is 175 cm³/mol. The molecule has 1 spiro atoms. The highest BCUT2D eigenvalue weighted by Crippen LogP contribution is 2.65. The Bertz CT molecular complexity index is 1420. The van der Waals surface area contributed by atoms with Gasteiger partial charge in [0, 0.05) is 24.3 Å². The summed E-state index contributed by atoms with van der Waals surface area (Å²) >= 11 is 0. The zero-order valence-corrected chi connectivity index (χ0v) is 27.0. The zero-order valence-electron chi connectivity index (χ0n) is 27.0. The molecule has 3 saturated heterocycles. The topological polar surface area (TPSA) is 90.4 Å². The molecule has 2 aromatic rings. The molecule has 6 atom stereocenters. The lowest BCUT2D eigenvalue weighted by Gasteiger charge is -2.43. The van der Waals surface area contributed by atoms with Crippen LogP contribution in [0.3, 0.4) is 0 Å². The number of para-hydroxylation sites is 1. The van der Waals surface area contributed by atoms with Crippen molar-refractivity contribution in [3.8, 4) is 0 Å². The highest BCUT2D eigenvalue weighted by atomic mass is 16.5. The molecule has 3 aliphatic heterocycles. The van der Waals surface area contributed by atoms with E-state index < -0.39 is 40.7 Å². The third-order valence-corrected chi connectivity index (χ3v) is 10.1. The van der Waals surface area contributed by atoms with E-state index in [1.165, 1.54) is 0 Å². The van der Waals surface area contributed by atoms with Crippen molar-refractivity contribution in [3.63, 3.8) is 0 Å². The largest absolute Gasteiger partial charge is 0.394 e. The molecule has 2 aromatic carbocycles. The minimum Gasteiger partial charge on any atom is -0.394 e. The number of nitrogens with zero attached hydrogens (tertiary/aromatic N) is 3. The van der Waals surface area contributed by atoms with Crippen LogP contribution < -0.4 is 4.90 Å². The van der Waals surface area contributed by atoms with Gasteiger partial charge in [-0.3, -0.25) is 14.4 Å². The van der Waals surface area contributed by atoms with Gasteiger partial charge < -0.3 is 24.5 Å². The monoisotopic (exact) mass is 613 g/mol. The van der Waals surface area contributed by atoms with Gasteiger partial charge in [0.25, 0.3) is 0 Å². The molecule has 2 bridgehead atoms. The molecule has 5 rings (SSSR count). The molecule has 3 aliphatic rings. The maximum absolute atomic E-state index is 15.0. The van der Waals surface area contributed by atoms with E-state index in [0.717, 1.165) is 5.56 Å². The van der Waals surface area contributed by atoms with Crippen LogP contribution in [-0.2, 0) is 25.5 Å². The highest BCUT2D eigenvalue weighted by molar-refractivity contribution is 6.03. The van der Waals surface area contributed by atoms with Crippen molar-refractivity contribution in [2.75, 3.05) is 24.6 Å². The average Bonchev–Trinajstić information content (AvgIpc) is 3.64. The molecule has 45 heavy (non-hydrogen) atoms. The Labute approximate surface area is 267 Å². The SMILES string of the molecule is C=CCN(C(=O)[C@H]1[C@H]2C(=O)N([C@@H](CO)Cc3ccccc3)C(C(=O)N(CC=C)C(C)(C)C)C23CC[C@]1(CC)O3)c1ccccc1. The van der Waals surface area contributed by atoms with Crippen LogP contribution in [-0.4, -0.2) is 81.1 Å². The van der Waals surface area contributed by atoms with Crippen molar-refractivity contribution in [2.24, 2.45) is 11.8 Å². The maximum atomic E-state index is 15.0. The van der Waals surface area contributed by atoms with Crippen molar-refractivity contribution in [1.82, 2.24) is 9.80 Å². The normalized spacial score (nSPS) is 27.6. The second-order valence-electron chi connectivity index (χ2n) is 13.6. The van der Waals surface area contributed by atoms with E-state index in [9.17, 15) is 19.5 Å². The fourth-order valence-corrected chi connectivity index (χ4v) is 8.04. The molecule has 8 heteroatoms. The van der Waals surface area contributed by atoms with Crippen molar-refractivity contribution < 1.29 is 24.2 Å². The number of ether oxygens (including phenoxy) is 1. The smallest absolute Gasteiger partial charge is 0.249 e. The molecular weight excluding hydrogens is 566 g/mol. The van der Waals surface area contributed by atoms with E-state index in [2.05, 4.69) is 13.2 Å². The maximum Gasteiger partial charge on any atom is 0.249 e. The van der Waals surface area contributed by atoms with Crippen molar-refractivity contribution in [3.05, 3.63) is 91.5 Å². The number of hydrogen-bond acceptors (Lipinski definition) is 5. The second kappa shape index (κ2) is 12.6. The number of amides is 3. The van der Waals surface area contributed by atoms with Gasteiger partial charge in [0.15, 0.2) is 0 Å². The van der Waals surface area contributed by atoms with Crippen molar-refractivity contribution in [2.45, 2.75) is 82.2 Å². The molecule has 0 radical (unpaired) electrons. The fraction of sp³-hybridized carbons (Fsp3) is 0.486. The average molecular weight is 614 g/mol. The van der Waals surface area contributed by atoms with E-state index in [1.54, 1.807) is 26.9 Å². The number of fused-ring (bicyclic) bond motifs is 1. The quantitative estimate of drug-likeness (QED) is 0.348. The number of aliphatic hydroxyl groups is 1. The van der Waals surface area contributed by atoms with Crippen LogP contribution in [0, 0.1) is 11.8 Å². The molecule has 240 valence electrons. The van der Waals surface area contributed by atoms with Crippen LogP contribution in [0.4, 0.5) is 5.69 Å². The number of carbonyl (C=O) groups is 3. The van der Waals surface area contributed by atoms with Crippen LogP contribution in [0.2, 0.25) is 0 Å². The first-order valence-corrected chi connectivity index (χ1v) is 16.1. The molecule has 3 fully saturated rings. The third-order valence-electron chi connectivity index (χ3n) is 10.1. The molecular formula is C37H47N3O5. The van der Waals surface area contributed by atoms with Crippen LogP contribution in [0.1, 0.15) is 52.5 Å². The lowest BCUT2D eigenvalue weighted by Crippen LogP contribution is -2.62. The third kappa shape index (κ3) is 5.42. The van der Waals surface area contributed by atoms with E-state index >= 15 is 0 Å². The summed E-state index contributed by atoms with van der Waals surface area (Å²) in [6.45, 7) is 15.9. The van der Waals surface area contributed by atoms with Gasteiger partial charge >= 0.3 is 0 Å². The summed E-state index contributed by atoms with van der Waals surface area (Å²) in [4.78, 5) is 49.6. The number of rotatable bonds is 12. The van der Waals surface area contributed by atoms with Crippen LogP contribution in [0.25, 0.3) is 0 Å². The van der Waals surface area contributed by atoms with Crippen LogP contribution >= 0.6 is 0 Å². The Morgan fingerprint density at radius 2 is 1.64 bits per heavy atom. The number of hydrogen-bond donors (Lipinski definition) is 1. The minimum absolute atomic E-state index is 0.210. The van der Waals surface area contributed by atoms with E-state index in [4.69, 9.17) is 4.74 Å². The lowest BCUT2D eigenvalue weighted by molar-refractivity contribution is -0.158. The Balaban J connectivity index is 1.66.